The summed E-state index contributed by atoms with van der Waals surface area (Å²) in [6.45, 7) is 3.21. The Kier molecular flexibility index (Phi) is 4.72. The topological polar surface area (TPSA) is 84.5 Å². The number of hydrogen-bond donors (Lipinski definition) is 2. The van der Waals surface area contributed by atoms with E-state index in [0.717, 1.165) is 4.88 Å². The number of amides is 1. The van der Waals surface area contributed by atoms with Crippen LogP contribution in [0.25, 0.3) is 0 Å². The number of anilines is 2. The molecule has 0 aliphatic carbocycles. The molecule has 6 nitrogen and oxygen atoms in total. The fraction of sp³-hybridized carbons (Fsp3) is 0.214. The van der Waals surface area contributed by atoms with Crippen LogP contribution in [-0.4, -0.2) is 21.4 Å². The molecule has 1 heterocycles. The number of hydrogen-bond acceptors (Lipinski definition) is 5. The lowest BCUT2D eigenvalue weighted by atomic mass is 10.2. The number of nitrogens with one attached hydrogen (secondary N) is 2. The van der Waals surface area contributed by atoms with E-state index in [2.05, 4.69) is 10.0 Å². The highest BCUT2D eigenvalue weighted by Gasteiger charge is 2.17. The lowest BCUT2D eigenvalue weighted by Crippen LogP contribution is -2.12. The van der Waals surface area contributed by atoms with Crippen LogP contribution in [0, 0.1) is 6.92 Å². The van der Waals surface area contributed by atoms with E-state index in [1.807, 2.05) is 6.92 Å². The smallest absolute Gasteiger partial charge is 0.271 e. The lowest BCUT2D eigenvalue weighted by molar-refractivity contribution is -0.114. The minimum absolute atomic E-state index is 0.238. The van der Waals surface area contributed by atoms with Gasteiger partial charge in [-0.25, -0.2) is 8.42 Å². The number of sulfonamides is 1. The molecule has 8 heteroatoms. The Bertz CT molecular complexity index is 797. The van der Waals surface area contributed by atoms with Crippen molar-refractivity contribution in [3.05, 3.63) is 35.2 Å². The van der Waals surface area contributed by atoms with E-state index in [1.165, 1.54) is 31.4 Å². The molecule has 0 saturated carbocycles. The maximum atomic E-state index is 12.3. The monoisotopic (exact) mass is 340 g/mol. The summed E-state index contributed by atoms with van der Waals surface area (Å²) in [5, 5.41) is 2.60. The minimum atomic E-state index is -3.64. The molecule has 1 amide bonds. The van der Waals surface area contributed by atoms with Gasteiger partial charge in [-0.2, -0.15) is 0 Å². The summed E-state index contributed by atoms with van der Waals surface area (Å²) in [7, 11) is -2.17. The molecule has 2 N–H and O–H groups in total. The average Bonchev–Trinajstić information content (AvgIpc) is 2.85. The van der Waals surface area contributed by atoms with Crippen LogP contribution in [0.3, 0.4) is 0 Å². The van der Waals surface area contributed by atoms with Gasteiger partial charge >= 0.3 is 0 Å². The third-order valence-corrected chi connectivity index (χ3v) is 5.62. The minimum Gasteiger partial charge on any atom is -0.495 e. The van der Waals surface area contributed by atoms with Crippen molar-refractivity contribution in [2.75, 3.05) is 17.1 Å². The number of aryl methyl sites for hydroxylation is 1. The van der Waals surface area contributed by atoms with Gasteiger partial charge in [0.15, 0.2) is 0 Å². The van der Waals surface area contributed by atoms with Gasteiger partial charge in [-0.3, -0.25) is 9.52 Å². The Balaban J connectivity index is 2.31. The summed E-state index contributed by atoms with van der Waals surface area (Å²) in [5.41, 5.74) is 0.744. The summed E-state index contributed by atoms with van der Waals surface area (Å²) in [5.74, 6) is 0.178. The van der Waals surface area contributed by atoms with E-state index < -0.39 is 10.0 Å². The van der Waals surface area contributed by atoms with Gasteiger partial charge in [0.25, 0.3) is 10.0 Å². The van der Waals surface area contributed by atoms with E-state index in [-0.39, 0.29) is 10.1 Å². The van der Waals surface area contributed by atoms with E-state index in [9.17, 15) is 13.2 Å². The van der Waals surface area contributed by atoms with Gasteiger partial charge in [-0.15, -0.1) is 11.3 Å². The molecular formula is C14H16N2O4S2. The van der Waals surface area contributed by atoms with Crippen LogP contribution in [0.4, 0.5) is 11.4 Å². The van der Waals surface area contributed by atoms with Gasteiger partial charge in [-0.05, 0) is 37.3 Å². The second-order valence-corrected chi connectivity index (χ2v) is 7.76. The van der Waals surface area contributed by atoms with Crippen molar-refractivity contribution in [1.29, 1.82) is 0 Å². The first-order valence-corrected chi connectivity index (χ1v) is 8.66. The quantitative estimate of drug-likeness (QED) is 0.876. The molecule has 2 aromatic rings. The van der Waals surface area contributed by atoms with Crippen LogP contribution >= 0.6 is 11.3 Å². The molecule has 0 aliphatic rings. The molecule has 0 unspecified atom stereocenters. The zero-order valence-electron chi connectivity index (χ0n) is 12.3. The summed E-state index contributed by atoms with van der Waals surface area (Å²) < 4.78 is 32.4. The normalized spacial score (nSPS) is 11.0. The van der Waals surface area contributed by atoms with Gasteiger partial charge in [0.05, 0.1) is 18.5 Å². The average molecular weight is 340 g/mol. The standard InChI is InChI=1S/C14H16N2O4S2/c1-9-4-7-14(21-9)22(18,19)16-11-5-6-13(20-3)12(8-11)15-10(2)17/h4-8,16H,1-3H3,(H,15,17). The first-order chi connectivity index (χ1) is 10.3. The van der Waals surface area contributed by atoms with E-state index in [1.54, 1.807) is 24.3 Å². The van der Waals surface area contributed by atoms with Gasteiger partial charge in [0, 0.05) is 11.8 Å². The Morgan fingerprint density at radius 3 is 2.50 bits per heavy atom. The van der Waals surface area contributed by atoms with Crippen molar-refractivity contribution in [1.82, 2.24) is 0 Å². The fourth-order valence-electron chi connectivity index (χ4n) is 1.82. The van der Waals surface area contributed by atoms with E-state index in [0.29, 0.717) is 17.1 Å². The molecule has 0 saturated heterocycles. The molecule has 1 aromatic heterocycles. The molecule has 0 fully saturated rings. The Hall–Kier alpha value is -2.06. The zero-order chi connectivity index (χ0) is 16.3. The molecular weight excluding hydrogens is 324 g/mol. The Labute approximate surface area is 133 Å². The van der Waals surface area contributed by atoms with Crippen molar-refractivity contribution in [3.63, 3.8) is 0 Å². The zero-order valence-corrected chi connectivity index (χ0v) is 14.0. The summed E-state index contributed by atoms with van der Waals surface area (Å²) >= 11 is 1.19. The summed E-state index contributed by atoms with van der Waals surface area (Å²) in [6, 6.07) is 7.97. The van der Waals surface area contributed by atoms with Gasteiger partial charge < -0.3 is 10.1 Å². The van der Waals surface area contributed by atoms with Gasteiger partial charge in [-0.1, -0.05) is 0 Å². The third-order valence-electron chi connectivity index (χ3n) is 2.74. The van der Waals surface area contributed by atoms with Crippen molar-refractivity contribution in [3.8, 4) is 5.75 Å². The Morgan fingerprint density at radius 2 is 1.95 bits per heavy atom. The lowest BCUT2D eigenvalue weighted by Gasteiger charge is -2.12. The van der Waals surface area contributed by atoms with Crippen LogP contribution in [0.1, 0.15) is 11.8 Å². The molecule has 0 aliphatic heterocycles. The predicted molar refractivity (Wildman–Crippen MR) is 87.2 cm³/mol. The highest BCUT2D eigenvalue weighted by molar-refractivity contribution is 7.94. The number of methoxy groups -OCH3 is 1. The first-order valence-electron chi connectivity index (χ1n) is 6.37. The maximum absolute atomic E-state index is 12.3. The number of carbonyl (C=O) groups excluding carboxylic acids is 1. The van der Waals surface area contributed by atoms with Gasteiger partial charge in [0.1, 0.15) is 9.96 Å². The number of thiophene rings is 1. The van der Waals surface area contributed by atoms with Crippen LogP contribution < -0.4 is 14.8 Å². The maximum Gasteiger partial charge on any atom is 0.271 e. The number of benzene rings is 1. The number of carbonyl (C=O) groups is 1. The summed E-state index contributed by atoms with van der Waals surface area (Å²) in [6.07, 6.45) is 0. The molecule has 118 valence electrons. The van der Waals surface area contributed by atoms with Gasteiger partial charge in [0.2, 0.25) is 5.91 Å². The third kappa shape index (κ3) is 3.77. The van der Waals surface area contributed by atoms with Crippen molar-refractivity contribution in [2.24, 2.45) is 0 Å². The molecule has 22 heavy (non-hydrogen) atoms. The molecule has 0 spiro atoms. The molecule has 0 atom stereocenters. The first kappa shape index (κ1) is 16.3. The molecule has 0 radical (unpaired) electrons. The molecule has 0 bridgehead atoms. The Morgan fingerprint density at radius 1 is 1.23 bits per heavy atom. The van der Waals surface area contributed by atoms with Crippen LogP contribution in [0.2, 0.25) is 0 Å². The van der Waals surface area contributed by atoms with Crippen LogP contribution in [0.15, 0.2) is 34.5 Å². The number of rotatable bonds is 5. The second-order valence-electron chi connectivity index (χ2n) is 4.57. The fourth-order valence-corrected chi connectivity index (χ4v) is 4.15. The molecule has 2 rings (SSSR count). The number of ether oxygens (including phenoxy) is 1. The second kappa shape index (κ2) is 6.37. The van der Waals surface area contributed by atoms with Crippen LogP contribution in [0.5, 0.6) is 5.75 Å². The highest BCUT2D eigenvalue weighted by atomic mass is 32.2. The van der Waals surface area contributed by atoms with E-state index in [4.69, 9.17) is 4.74 Å². The summed E-state index contributed by atoms with van der Waals surface area (Å²) in [4.78, 5) is 12.1. The van der Waals surface area contributed by atoms with Crippen molar-refractivity contribution >= 4 is 38.6 Å². The SMILES string of the molecule is COc1ccc(NS(=O)(=O)c2ccc(C)s2)cc1NC(C)=O. The van der Waals surface area contributed by atoms with E-state index >= 15 is 0 Å². The molecule has 1 aromatic carbocycles. The highest BCUT2D eigenvalue weighted by Crippen LogP contribution is 2.30. The predicted octanol–water partition coefficient (Wildman–Crippen LogP) is 2.82. The van der Waals surface area contributed by atoms with Crippen molar-refractivity contribution < 1.29 is 17.9 Å². The van der Waals surface area contributed by atoms with Crippen LogP contribution in [-0.2, 0) is 14.8 Å². The largest absolute Gasteiger partial charge is 0.495 e. The van der Waals surface area contributed by atoms with Crippen molar-refractivity contribution in [2.45, 2.75) is 18.1 Å².